The molecule has 1 aliphatic rings. The number of likely N-dealkylation sites (tertiary alicyclic amines) is 1. The fourth-order valence-corrected chi connectivity index (χ4v) is 2.39. The van der Waals surface area contributed by atoms with Crippen LogP contribution in [-0.2, 0) is 14.3 Å². The minimum atomic E-state index is -0.274. The van der Waals surface area contributed by atoms with E-state index in [2.05, 4.69) is 18.7 Å². The largest absolute Gasteiger partial charge is 0.466 e. The second kappa shape index (κ2) is 6.74. The van der Waals surface area contributed by atoms with Crippen molar-refractivity contribution in [2.24, 2.45) is 5.92 Å². The van der Waals surface area contributed by atoms with E-state index in [0.29, 0.717) is 31.5 Å². The molecule has 0 aromatic rings. The van der Waals surface area contributed by atoms with Gasteiger partial charge in [-0.3, -0.25) is 14.5 Å². The molecule has 0 amide bonds. The molecule has 1 heterocycles. The standard InChI is InChI=1S/C13H23NO3/c1-4-17-13(16)6-5-12(15)9-14-8-10(2)7-11(14)3/h10-11H,4-9H2,1-3H3. The molecule has 1 fully saturated rings. The topological polar surface area (TPSA) is 46.6 Å². The molecule has 0 radical (unpaired) electrons. The summed E-state index contributed by atoms with van der Waals surface area (Å²) < 4.78 is 4.80. The molecular weight excluding hydrogens is 218 g/mol. The molecule has 17 heavy (non-hydrogen) atoms. The smallest absolute Gasteiger partial charge is 0.306 e. The van der Waals surface area contributed by atoms with E-state index in [9.17, 15) is 9.59 Å². The summed E-state index contributed by atoms with van der Waals surface area (Å²) in [5, 5.41) is 0. The molecular formula is C13H23NO3. The molecule has 0 aromatic heterocycles. The monoisotopic (exact) mass is 241 g/mol. The number of carbonyl (C=O) groups is 2. The van der Waals surface area contributed by atoms with Gasteiger partial charge in [0, 0.05) is 19.0 Å². The van der Waals surface area contributed by atoms with Crippen molar-refractivity contribution in [2.45, 2.75) is 46.1 Å². The Hall–Kier alpha value is -0.900. The van der Waals surface area contributed by atoms with E-state index in [1.165, 1.54) is 0 Å². The lowest BCUT2D eigenvalue weighted by Crippen LogP contribution is -2.32. The van der Waals surface area contributed by atoms with Crippen molar-refractivity contribution >= 4 is 11.8 Å². The van der Waals surface area contributed by atoms with Crippen LogP contribution in [0.1, 0.15) is 40.0 Å². The van der Waals surface area contributed by atoms with Crippen LogP contribution in [0.2, 0.25) is 0 Å². The predicted octanol–water partition coefficient (Wildman–Crippen LogP) is 1.63. The van der Waals surface area contributed by atoms with E-state index in [4.69, 9.17) is 4.74 Å². The first-order valence-corrected chi connectivity index (χ1v) is 6.44. The Kier molecular flexibility index (Phi) is 5.62. The number of ether oxygens (including phenoxy) is 1. The van der Waals surface area contributed by atoms with Crippen molar-refractivity contribution in [1.29, 1.82) is 0 Å². The molecule has 0 aliphatic carbocycles. The van der Waals surface area contributed by atoms with Gasteiger partial charge >= 0.3 is 5.97 Å². The molecule has 4 heteroatoms. The zero-order valence-electron chi connectivity index (χ0n) is 11.1. The SMILES string of the molecule is CCOC(=O)CCC(=O)CN1CC(C)CC1C. The van der Waals surface area contributed by atoms with Crippen molar-refractivity contribution in [3.05, 3.63) is 0 Å². The Bertz CT molecular complexity index is 278. The maximum atomic E-state index is 11.7. The normalized spacial score (nSPS) is 24.9. The van der Waals surface area contributed by atoms with Crippen LogP contribution in [0, 0.1) is 5.92 Å². The average Bonchev–Trinajstić information content (AvgIpc) is 2.55. The van der Waals surface area contributed by atoms with Gasteiger partial charge in [0.25, 0.3) is 0 Å². The first kappa shape index (κ1) is 14.2. The highest BCUT2D eigenvalue weighted by Gasteiger charge is 2.27. The molecule has 1 aliphatic heterocycles. The summed E-state index contributed by atoms with van der Waals surface area (Å²) in [6.45, 7) is 7.99. The lowest BCUT2D eigenvalue weighted by Gasteiger charge is -2.19. The highest BCUT2D eigenvalue weighted by atomic mass is 16.5. The minimum Gasteiger partial charge on any atom is -0.466 e. The third-order valence-electron chi connectivity index (χ3n) is 3.21. The molecule has 0 bridgehead atoms. The first-order chi connectivity index (χ1) is 8.02. The lowest BCUT2D eigenvalue weighted by molar-refractivity contribution is -0.144. The summed E-state index contributed by atoms with van der Waals surface area (Å²) in [6.07, 6.45) is 1.67. The zero-order chi connectivity index (χ0) is 12.8. The highest BCUT2D eigenvalue weighted by molar-refractivity contribution is 5.84. The summed E-state index contributed by atoms with van der Waals surface area (Å²) >= 11 is 0. The summed E-state index contributed by atoms with van der Waals surface area (Å²) in [5.74, 6) is 0.533. The van der Waals surface area contributed by atoms with Gasteiger partial charge in [0.2, 0.25) is 0 Å². The van der Waals surface area contributed by atoms with Crippen LogP contribution < -0.4 is 0 Å². The van der Waals surface area contributed by atoms with Gasteiger partial charge in [0.1, 0.15) is 5.78 Å². The van der Waals surface area contributed by atoms with E-state index >= 15 is 0 Å². The Morgan fingerprint density at radius 3 is 2.53 bits per heavy atom. The molecule has 4 nitrogen and oxygen atoms in total. The van der Waals surface area contributed by atoms with Crippen LogP contribution in [0.25, 0.3) is 0 Å². The molecule has 1 rings (SSSR count). The van der Waals surface area contributed by atoms with Gasteiger partial charge in [-0.15, -0.1) is 0 Å². The molecule has 0 saturated carbocycles. The molecule has 0 N–H and O–H groups in total. The van der Waals surface area contributed by atoms with Crippen molar-refractivity contribution < 1.29 is 14.3 Å². The lowest BCUT2D eigenvalue weighted by atomic mass is 10.1. The van der Waals surface area contributed by atoms with Gasteiger partial charge in [0.05, 0.1) is 19.6 Å². The Labute approximate surface area is 103 Å². The van der Waals surface area contributed by atoms with E-state index in [0.717, 1.165) is 13.0 Å². The van der Waals surface area contributed by atoms with Crippen molar-refractivity contribution in [3.63, 3.8) is 0 Å². The molecule has 1 saturated heterocycles. The third-order valence-corrected chi connectivity index (χ3v) is 3.21. The van der Waals surface area contributed by atoms with E-state index in [1.54, 1.807) is 6.92 Å². The Morgan fingerprint density at radius 1 is 1.29 bits per heavy atom. The summed E-state index contributed by atoms with van der Waals surface area (Å²) in [5.41, 5.74) is 0. The second-order valence-electron chi connectivity index (χ2n) is 4.96. The van der Waals surface area contributed by atoms with Gasteiger partial charge in [0.15, 0.2) is 0 Å². The van der Waals surface area contributed by atoms with Gasteiger partial charge in [-0.1, -0.05) is 6.92 Å². The number of esters is 1. The van der Waals surface area contributed by atoms with Crippen LogP contribution in [0.4, 0.5) is 0 Å². The predicted molar refractivity (Wildman–Crippen MR) is 65.7 cm³/mol. The van der Waals surface area contributed by atoms with Gasteiger partial charge in [-0.05, 0) is 26.2 Å². The van der Waals surface area contributed by atoms with Crippen molar-refractivity contribution in [1.82, 2.24) is 4.90 Å². The molecule has 0 spiro atoms. The van der Waals surface area contributed by atoms with Crippen LogP contribution >= 0.6 is 0 Å². The highest BCUT2D eigenvalue weighted by Crippen LogP contribution is 2.21. The summed E-state index contributed by atoms with van der Waals surface area (Å²) in [4.78, 5) is 25.0. The van der Waals surface area contributed by atoms with Crippen LogP contribution in [0.3, 0.4) is 0 Å². The quantitative estimate of drug-likeness (QED) is 0.663. The first-order valence-electron chi connectivity index (χ1n) is 6.44. The molecule has 98 valence electrons. The number of rotatable bonds is 6. The minimum absolute atomic E-state index is 0.138. The fraction of sp³-hybridized carbons (Fsp3) is 0.846. The Balaban J connectivity index is 2.23. The van der Waals surface area contributed by atoms with Crippen LogP contribution in [-0.4, -0.2) is 42.4 Å². The van der Waals surface area contributed by atoms with E-state index < -0.39 is 0 Å². The maximum absolute atomic E-state index is 11.7. The number of ketones is 1. The Morgan fingerprint density at radius 2 is 2.00 bits per heavy atom. The summed E-state index contributed by atoms with van der Waals surface area (Å²) in [6, 6.07) is 0.483. The summed E-state index contributed by atoms with van der Waals surface area (Å²) in [7, 11) is 0. The van der Waals surface area contributed by atoms with Crippen molar-refractivity contribution in [2.75, 3.05) is 19.7 Å². The average molecular weight is 241 g/mol. The maximum Gasteiger partial charge on any atom is 0.306 e. The van der Waals surface area contributed by atoms with E-state index in [1.807, 2.05) is 0 Å². The fourth-order valence-electron chi connectivity index (χ4n) is 2.39. The van der Waals surface area contributed by atoms with Gasteiger partial charge in [-0.25, -0.2) is 0 Å². The third kappa shape index (κ3) is 4.86. The number of hydrogen-bond acceptors (Lipinski definition) is 4. The molecule has 0 aromatic carbocycles. The number of nitrogens with zero attached hydrogens (tertiary/aromatic N) is 1. The second-order valence-corrected chi connectivity index (χ2v) is 4.96. The van der Waals surface area contributed by atoms with Crippen molar-refractivity contribution in [3.8, 4) is 0 Å². The number of hydrogen-bond donors (Lipinski definition) is 0. The zero-order valence-corrected chi connectivity index (χ0v) is 11.1. The van der Waals surface area contributed by atoms with Gasteiger partial charge in [-0.2, -0.15) is 0 Å². The van der Waals surface area contributed by atoms with Crippen LogP contribution in [0.15, 0.2) is 0 Å². The van der Waals surface area contributed by atoms with E-state index in [-0.39, 0.29) is 18.2 Å². The molecule has 2 atom stereocenters. The number of Topliss-reactive ketones (excluding diaryl/α,β-unsaturated/α-hetero) is 1. The molecule has 2 unspecified atom stereocenters. The van der Waals surface area contributed by atoms with Crippen LogP contribution in [0.5, 0.6) is 0 Å². The number of carbonyl (C=O) groups excluding carboxylic acids is 2. The van der Waals surface area contributed by atoms with Gasteiger partial charge < -0.3 is 4.74 Å².